The van der Waals surface area contributed by atoms with Crippen LogP contribution in [0.3, 0.4) is 0 Å². The molecule has 0 saturated heterocycles. The number of hydrogen-bond acceptors (Lipinski definition) is 3. The fraction of sp³-hybridized carbons (Fsp3) is 0.316. The molecule has 2 aromatic rings. The Bertz CT molecular complexity index is 936. The lowest BCUT2D eigenvalue weighted by Gasteiger charge is -2.40. The van der Waals surface area contributed by atoms with Crippen LogP contribution in [0.2, 0.25) is 0 Å². The van der Waals surface area contributed by atoms with Gasteiger partial charge in [-0.05, 0) is 48.6 Å². The lowest BCUT2D eigenvalue weighted by Crippen LogP contribution is -2.46. The number of aromatic nitrogens is 1. The Labute approximate surface area is 148 Å². The van der Waals surface area contributed by atoms with Crippen molar-refractivity contribution < 1.29 is 18.0 Å². The summed E-state index contributed by atoms with van der Waals surface area (Å²) in [6, 6.07) is 7.02. The summed E-state index contributed by atoms with van der Waals surface area (Å²) in [5.41, 5.74) is 0.312. The molecule has 1 spiro atoms. The lowest BCUT2D eigenvalue weighted by atomic mass is 9.64. The number of amidine groups is 1. The van der Waals surface area contributed by atoms with Gasteiger partial charge >= 0.3 is 6.18 Å². The molecule has 1 aliphatic carbocycles. The van der Waals surface area contributed by atoms with E-state index in [0.717, 1.165) is 17.8 Å². The third-order valence-corrected chi connectivity index (χ3v) is 5.19. The number of nitrogens with zero attached hydrogens (tertiary/aromatic N) is 2. The molecule has 1 aromatic heterocycles. The quantitative estimate of drug-likeness (QED) is 0.786. The molecule has 2 heterocycles. The molecule has 1 atom stereocenters. The fourth-order valence-corrected chi connectivity index (χ4v) is 4.03. The summed E-state index contributed by atoms with van der Waals surface area (Å²) < 4.78 is 40.0. The number of fused-ring (bicyclic) bond motifs is 4. The predicted octanol–water partition coefficient (Wildman–Crippen LogP) is 3.23. The summed E-state index contributed by atoms with van der Waals surface area (Å²) in [4.78, 5) is 21.6. The molecule has 0 radical (unpaired) electrons. The maximum absolute atomic E-state index is 13.3. The molecule has 1 N–H and O–H groups in total. The van der Waals surface area contributed by atoms with E-state index in [1.54, 1.807) is 25.4 Å². The van der Waals surface area contributed by atoms with E-state index in [0.29, 0.717) is 41.8 Å². The van der Waals surface area contributed by atoms with Crippen LogP contribution < -0.4 is 5.32 Å². The fourth-order valence-electron chi connectivity index (χ4n) is 4.03. The molecule has 0 bridgehead atoms. The van der Waals surface area contributed by atoms with Gasteiger partial charge in [0, 0.05) is 24.5 Å². The predicted molar refractivity (Wildman–Crippen MR) is 90.0 cm³/mol. The Hall–Kier alpha value is -2.70. The van der Waals surface area contributed by atoms with Gasteiger partial charge in [-0.2, -0.15) is 18.2 Å². The Kier molecular flexibility index (Phi) is 3.64. The van der Waals surface area contributed by atoms with Crippen LogP contribution in [-0.4, -0.2) is 23.8 Å². The Balaban J connectivity index is 2.05. The average Bonchev–Trinajstić information content (AvgIpc) is 2.63. The first-order valence-electron chi connectivity index (χ1n) is 8.35. The van der Waals surface area contributed by atoms with Crippen LogP contribution in [0, 0.1) is 0 Å². The Morgan fingerprint density at radius 2 is 2.00 bits per heavy atom. The van der Waals surface area contributed by atoms with Gasteiger partial charge in [-0.15, -0.1) is 0 Å². The SMILES string of the molecule is CNC1=NC(=O)C2(CCCc3ncccc32)c2cc(C(F)(F)F)ccc21. The summed E-state index contributed by atoms with van der Waals surface area (Å²) in [6.45, 7) is 0. The Morgan fingerprint density at radius 3 is 2.73 bits per heavy atom. The number of rotatable bonds is 0. The highest BCUT2D eigenvalue weighted by Gasteiger charge is 2.50. The number of carbonyl (C=O) groups excluding carboxylic acids is 1. The molecule has 1 aliphatic heterocycles. The van der Waals surface area contributed by atoms with E-state index in [1.807, 2.05) is 0 Å². The van der Waals surface area contributed by atoms with Gasteiger partial charge in [-0.1, -0.05) is 12.1 Å². The van der Waals surface area contributed by atoms with E-state index in [1.165, 1.54) is 6.07 Å². The molecular weight excluding hydrogens is 343 g/mol. The zero-order valence-electron chi connectivity index (χ0n) is 14.0. The largest absolute Gasteiger partial charge is 0.416 e. The van der Waals surface area contributed by atoms with Gasteiger partial charge < -0.3 is 5.32 Å². The maximum Gasteiger partial charge on any atom is 0.416 e. The zero-order chi connectivity index (χ0) is 18.5. The van der Waals surface area contributed by atoms with E-state index in [-0.39, 0.29) is 0 Å². The minimum absolute atomic E-state index is 0.292. The number of benzene rings is 1. The average molecular weight is 359 g/mol. The highest BCUT2D eigenvalue weighted by atomic mass is 19.4. The monoisotopic (exact) mass is 359 g/mol. The second-order valence-corrected chi connectivity index (χ2v) is 6.53. The summed E-state index contributed by atoms with van der Waals surface area (Å²) >= 11 is 0. The van der Waals surface area contributed by atoms with E-state index in [2.05, 4.69) is 15.3 Å². The van der Waals surface area contributed by atoms with Gasteiger partial charge in [0.2, 0.25) is 0 Å². The maximum atomic E-state index is 13.3. The van der Waals surface area contributed by atoms with Gasteiger partial charge in [0.25, 0.3) is 5.91 Å². The zero-order valence-corrected chi connectivity index (χ0v) is 14.0. The first-order valence-corrected chi connectivity index (χ1v) is 8.35. The second kappa shape index (κ2) is 5.65. The molecule has 134 valence electrons. The number of aryl methyl sites for hydroxylation is 1. The van der Waals surface area contributed by atoms with Crippen molar-refractivity contribution in [3.8, 4) is 0 Å². The highest BCUT2D eigenvalue weighted by Crippen LogP contribution is 2.47. The number of halogens is 3. The third kappa shape index (κ3) is 2.26. The number of hydrogen-bond donors (Lipinski definition) is 1. The van der Waals surface area contributed by atoms with Crippen molar-refractivity contribution >= 4 is 11.7 Å². The number of alkyl halides is 3. The first kappa shape index (κ1) is 16.8. The van der Waals surface area contributed by atoms with Crippen molar-refractivity contribution in [2.45, 2.75) is 30.9 Å². The van der Waals surface area contributed by atoms with Crippen LogP contribution in [0.4, 0.5) is 13.2 Å². The second-order valence-electron chi connectivity index (χ2n) is 6.53. The molecule has 2 aliphatic rings. The van der Waals surface area contributed by atoms with Gasteiger partial charge in [0.05, 0.1) is 5.56 Å². The smallest absolute Gasteiger partial charge is 0.373 e. The van der Waals surface area contributed by atoms with Crippen molar-refractivity contribution in [3.63, 3.8) is 0 Å². The molecule has 4 rings (SSSR count). The van der Waals surface area contributed by atoms with Crippen molar-refractivity contribution in [2.24, 2.45) is 4.99 Å². The number of nitrogens with one attached hydrogen (secondary N) is 1. The number of pyridine rings is 1. The normalized spacial score (nSPS) is 21.8. The van der Waals surface area contributed by atoms with Crippen LogP contribution in [-0.2, 0) is 22.8 Å². The van der Waals surface area contributed by atoms with Crippen molar-refractivity contribution in [1.29, 1.82) is 0 Å². The topological polar surface area (TPSA) is 54.4 Å². The standard InChI is InChI=1S/C19H16F3N3O/c1-23-16-12-7-6-11(19(20,21)22)10-14(12)18(17(26)25-16)8-2-5-15-13(18)4-3-9-24-15/h3-4,6-7,9-10H,2,5,8H2,1H3,(H,23,25,26). The van der Waals surface area contributed by atoms with E-state index in [4.69, 9.17) is 0 Å². The van der Waals surface area contributed by atoms with Crippen LogP contribution in [0.15, 0.2) is 41.5 Å². The van der Waals surface area contributed by atoms with Gasteiger partial charge in [-0.25, -0.2) is 0 Å². The molecule has 26 heavy (non-hydrogen) atoms. The highest BCUT2D eigenvalue weighted by molar-refractivity contribution is 6.14. The molecule has 4 nitrogen and oxygen atoms in total. The van der Waals surface area contributed by atoms with Crippen molar-refractivity contribution in [2.75, 3.05) is 7.05 Å². The van der Waals surface area contributed by atoms with Crippen LogP contribution in [0.1, 0.15) is 40.8 Å². The molecule has 1 amide bonds. The first-order chi connectivity index (χ1) is 12.4. The van der Waals surface area contributed by atoms with Crippen molar-refractivity contribution in [1.82, 2.24) is 10.3 Å². The number of aliphatic imine (C=N–C) groups is 1. The number of amides is 1. The minimum Gasteiger partial charge on any atom is -0.373 e. The van der Waals surface area contributed by atoms with Gasteiger partial charge in [0.1, 0.15) is 11.3 Å². The number of carbonyl (C=O) groups is 1. The third-order valence-electron chi connectivity index (χ3n) is 5.19. The summed E-state index contributed by atoms with van der Waals surface area (Å²) in [6.07, 6.45) is -1.07. The van der Waals surface area contributed by atoms with E-state index in [9.17, 15) is 18.0 Å². The van der Waals surface area contributed by atoms with E-state index < -0.39 is 23.1 Å². The molecule has 1 unspecified atom stereocenters. The summed E-state index contributed by atoms with van der Waals surface area (Å²) in [5.74, 6) is -0.150. The van der Waals surface area contributed by atoms with Crippen LogP contribution in [0.25, 0.3) is 0 Å². The molecular formula is C19H16F3N3O. The lowest BCUT2D eigenvalue weighted by molar-refractivity contribution is -0.137. The molecule has 7 heteroatoms. The summed E-state index contributed by atoms with van der Waals surface area (Å²) in [7, 11) is 1.60. The molecule has 0 fully saturated rings. The minimum atomic E-state index is -4.49. The van der Waals surface area contributed by atoms with Crippen LogP contribution in [0.5, 0.6) is 0 Å². The summed E-state index contributed by atoms with van der Waals surface area (Å²) in [5, 5.41) is 2.83. The van der Waals surface area contributed by atoms with Gasteiger partial charge in [0.15, 0.2) is 0 Å². The van der Waals surface area contributed by atoms with Crippen LogP contribution >= 0.6 is 0 Å². The molecule has 1 aromatic carbocycles. The van der Waals surface area contributed by atoms with Crippen molar-refractivity contribution in [3.05, 3.63) is 64.5 Å². The van der Waals surface area contributed by atoms with Gasteiger partial charge in [-0.3, -0.25) is 9.78 Å². The van der Waals surface area contributed by atoms with E-state index >= 15 is 0 Å². The molecule has 0 saturated carbocycles. The Morgan fingerprint density at radius 1 is 1.19 bits per heavy atom.